The number of allylic oxidation sites excluding steroid dienone is 3. The van der Waals surface area contributed by atoms with Crippen molar-refractivity contribution in [1.29, 1.82) is 0 Å². The van der Waals surface area contributed by atoms with Crippen molar-refractivity contribution in [1.82, 2.24) is 0 Å². The maximum Gasteiger partial charge on any atom is 0.269 e. The van der Waals surface area contributed by atoms with Crippen molar-refractivity contribution < 1.29 is 29.0 Å². The summed E-state index contributed by atoms with van der Waals surface area (Å²) in [5, 5.41) is 24.3. The number of fused-ring (bicyclic) bond motifs is 5. The number of aromatic hydroxyl groups is 1. The fraction of sp³-hybridized carbons (Fsp3) is 0.628. The van der Waals surface area contributed by atoms with Gasteiger partial charge in [0.1, 0.15) is 11.3 Å². The Morgan fingerprint density at radius 1 is 0.837 bits per heavy atom. The monoisotopic (exact) mass is 668 g/mol. The van der Waals surface area contributed by atoms with Crippen LogP contribution in [0.1, 0.15) is 134 Å². The largest absolute Gasteiger partial charge is 0.507 e. The van der Waals surface area contributed by atoms with Crippen molar-refractivity contribution in [3.63, 3.8) is 0 Å². The number of rotatable bonds is 5. The van der Waals surface area contributed by atoms with Crippen LogP contribution in [0.2, 0.25) is 0 Å². The zero-order valence-electron chi connectivity index (χ0n) is 30.8. The zero-order valence-corrected chi connectivity index (χ0v) is 30.8. The van der Waals surface area contributed by atoms with E-state index >= 15 is 0 Å². The van der Waals surface area contributed by atoms with Crippen molar-refractivity contribution in [3.8, 4) is 11.5 Å². The highest BCUT2D eigenvalue weighted by Gasteiger charge is 2.57. The highest BCUT2D eigenvalue weighted by molar-refractivity contribution is 6.52. The number of phenolic OH excluding ortho intramolecular Hbond substituents is 1. The number of benzene rings is 1. The van der Waals surface area contributed by atoms with Crippen molar-refractivity contribution in [2.75, 3.05) is 7.11 Å². The van der Waals surface area contributed by atoms with Crippen LogP contribution in [0.5, 0.6) is 11.5 Å². The molecule has 0 aliphatic heterocycles. The summed E-state index contributed by atoms with van der Waals surface area (Å²) < 4.78 is 12.1. The first kappa shape index (κ1) is 34.2. The third-order valence-corrected chi connectivity index (χ3v) is 15.7. The Hall–Kier alpha value is -3.28. The van der Waals surface area contributed by atoms with Gasteiger partial charge in [0.25, 0.3) is 5.78 Å². The molecule has 5 aliphatic carbocycles. The molecule has 1 aromatic heterocycles. The van der Waals surface area contributed by atoms with Gasteiger partial charge in [-0.05, 0) is 128 Å². The van der Waals surface area contributed by atoms with Gasteiger partial charge < -0.3 is 19.4 Å². The Morgan fingerprint density at radius 3 is 1.90 bits per heavy atom. The van der Waals surface area contributed by atoms with E-state index in [1.807, 2.05) is 0 Å². The minimum atomic E-state index is -0.736. The summed E-state index contributed by atoms with van der Waals surface area (Å²) >= 11 is 0. The van der Waals surface area contributed by atoms with Crippen LogP contribution in [0.3, 0.4) is 0 Å². The summed E-state index contributed by atoms with van der Waals surface area (Å²) in [4.78, 5) is 28.0. The third kappa shape index (κ3) is 4.63. The summed E-state index contributed by atoms with van der Waals surface area (Å²) in [6.45, 7) is 22.8. The van der Waals surface area contributed by atoms with E-state index in [1.54, 1.807) is 6.07 Å². The topological polar surface area (TPSA) is 97.0 Å². The molecule has 0 saturated heterocycles. The Kier molecular flexibility index (Phi) is 7.93. The lowest BCUT2D eigenvalue weighted by atomic mass is 9.46. The molecule has 2 N–H and O–H groups in total. The van der Waals surface area contributed by atoms with Gasteiger partial charge in [-0.2, -0.15) is 0 Å². The molecule has 4 fully saturated rings. The lowest BCUT2D eigenvalue weighted by molar-refractivity contribution is -0.113. The van der Waals surface area contributed by atoms with Crippen molar-refractivity contribution >= 4 is 28.3 Å². The van der Waals surface area contributed by atoms with Crippen LogP contribution in [0, 0.1) is 45.3 Å². The van der Waals surface area contributed by atoms with E-state index in [-0.39, 0.29) is 55.8 Å². The number of aliphatic hydroxyl groups excluding tert-OH is 1. The molecule has 0 unspecified atom stereocenters. The number of ketones is 2. The first-order valence-electron chi connectivity index (χ1n) is 18.8. The molecule has 7 rings (SSSR count). The molecule has 0 radical (unpaired) electrons. The fourth-order valence-electron chi connectivity index (χ4n) is 11.9. The van der Waals surface area contributed by atoms with Crippen LogP contribution in [-0.4, -0.2) is 28.9 Å². The van der Waals surface area contributed by atoms with Gasteiger partial charge >= 0.3 is 0 Å². The third-order valence-electron chi connectivity index (χ3n) is 15.7. The molecular weight excluding hydrogens is 612 g/mol. The molecule has 4 saturated carbocycles. The first-order chi connectivity index (χ1) is 23.0. The van der Waals surface area contributed by atoms with E-state index < -0.39 is 11.6 Å². The molecule has 1 heterocycles. The number of carbonyl (C=O) groups excluding carboxylic acids is 2. The lowest BCUT2D eigenvalue weighted by Gasteiger charge is -2.59. The minimum Gasteiger partial charge on any atom is -0.507 e. The average Bonchev–Trinajstić information content (AvgIpc) is 3.45. The Morgan fingerprint density at radius 2 is 1.37 bits per heavy atom. The van der Waals surface area contributed by atoms with Gasteiger partial charge in [-0.15, -0.1) is 0 Å². The molecule has 0 spiro atoms. The van der Waals surface area contributed by atoms with E-state index in [4.69, 9.17) is 9.15 Å². The summed E-state index contributed by atoms with van der Waals surface area (Å²) in [5.74, 6) is -0.198. The molecule has 6 nitrogen and oxygen atoms in total. The maximum absolute atomic E-state index is 14.0. The Bertz CT molecular complexity index is 1820. The van der Waals surface area contributed by atoms with E-state index in [9.17, 15) is 19.8 Å². The van der Waals surface area contributed by atoms with E-state index in [2.05, 4.69) is 54.7 Å². The number of carbonyl (C=O) groups is 2. The highest BCUT2D eigenvalue weighted by atomic mass is 16.5. The van der Waals surface area contributed by atoms with Crippen molar-refractivity contribution in [2.24, 2.45) is 45.3 Å². The van der Waals surface area contributed by atoms with Gasteiger partial charge in [0.05, 0.1) is 12.7 Å². The molecule has 0 bridgehead atoms. The molecule has 49 heavy (non-hydrogen) atoms. The first-order valence-corrected chi connectivity index (χ1v) is 18.8. The second-order valence-electron chi connectivity index (χ2n) is 17.8. The Labute approximate surface area is 292 Å². The van der Waals surface area contributed by atoms with Crippen LogP contribution in [0.4, 0.5) is 0 Å². The number of methoxy groups -OCH3 is 1. The molecule has 6 heteroatoms. The smallest absolute Gasteiger partial charge is 0.269 e. The second kappa shape index (κ2) is 11.4. The summed E-state index contributed by atoms with van der Waals surface area (Å²) in [6.07, 6.45) is 11.4. The molecule has 1 aromatic carbocycles. The molecule has 0 amide bonds. The number of aliphatic hydroxyl groups is 1. The van der Waals surface area contributed by atoms with Crippen LogP contribution in [-0.2, 0) is 11.2 Å². The van der Waals surface area contributed by atoms with E-state index in [1.165, 1.54) is 18.3 Å². The summed E-state index contributed by atoms with van der Waals surface area (Å²) in [6, 6.07) is 1.65. The standard InChI is InChI=1S/C43H56O6/c1-23-12-10-14-31-40(23,5)18-16-25(3)42(31,7)21-28-35(45)33-27-20-30(48-9)34(44)29(38(27)49-39(33)37(47)36(28)46)22-43(8)26(4)17-19-41(6)24(2)13-11-15-32(41)43/h20,25-26,31-32,44-45H,1-2,10-19,21-22H2,3-9H3/t25-,26-,31+,32+,40-,41-,42+,43+/m0/s1. The highest BCUT2D eigenvalue weighted by Crippen LogP contribution is 2.65. The quantitative estimate of drug-likeness (QED) is 0.243. The van der Waals surface area contributed by atoms with Gasteiger partial charge in [0, 0.05) is 16.5 Å². The number of hydrogen-bond donors (Lipinski definition) is 2. The Balaban J connectivity index is 1.37. The number of hydrogen-bond acceptors (Lipinski definition) is 6. The van der Waals surface area contributed by atoms with Gasteiger partial charge in [-0.1, -0.05) is 65.8 Å². The van der Waals surface area contributed by atoms with E-state index in [0.717, 1.165) is 64.2 Å². The second-order valence-corrected chi connectivity index (χ2v) is 17.8. The average molecular weight is 669 g/mol. The van der Waals surface area contributed by atoms with Crippen LogP contribution >= 0.6 is 0 Å². The predicted octanol–water partition coefficient (Wildman–Crippen LogP) is 10.7. The summed E-state index contributed by atoms with van der Waals surface area (Å²) in [5.41, 5.74) is 3.41. The number of Topliss-reactive ketones (excluding diaryl/α,β-unsaturated/α-hetero) is 2. The van der Waals surface area contributed by atoms with Crippen molar-refractivity contribution in [2.45, 2.75) is 119 Å². The van der Waals surface area contributed by atoms with Crippen LogP contribution < -0.4 is 4.74 Å². The van der Waals surface area contributed by atoms with Crippen LogP contribution in [0.25, 0.3) is 16.7 Å². The van der Waals surface area contributed by atoms with Crippen molar-refractivity contribution in [3.05, 3.63) is 52.8 Å². The normalized spacial score (nSPS) is 38.0. The molecule has 5 aliphatic rings. The van der Waals surface area contributed by atoms with Gasteiger partial charge in [0.2, 0.25) is 5.78 Å². The predicted molar refractivity (Wildman–Crippen MR) is 194 cm³/mol. The molecule has 8 atom stereocenters. The molecule has 264 valence electrons. The van der Waals surface area contributed by atoms with E-state index in [0.29, 0.717) is 53.0 Å². The van der Waals surface area contributed by atoms with Gasteiger partial charge in [-0.3, -0.25) is 9.59 Å². The van der Waals surface area contributed by atoms with Gasteiger partial charge in [-0.25, -0.2) is 0 Å². The SMILES string of the molecule is C=C1CCC[C@H]2[C@](C)(CC3=C(O)c4c(oc5c(C[C@]6(C)[C@@H](C)CC[C@@]7(C)C(=C)CCC[C@@H]67)c(O)c(OC)cc45)C(=O)C3=O)[C@@H](C)CC[C@@]12C. The lowest BCUT2D eigenvalue weighted by Crippen LogP contribution is -2.51. The number of phenols is 1. The number of furan rings is 1. The zero-order chi connectivity index (χ0) is 35.4. The summed E-state index contributed by atoms with van der Waals surface area (Å²) in [7, 11) is 1.51. The van der Waals surface area contributed by atoms with Gasteiger partial charge in [0.15, 0.2) is 17.3 Å². The van der Waals surface area contributed by atoms with Crippen LogP contribution in [0.15, 0.2) is 40.4 Å². The maximum atomic E-state index is 14.0. The number of ether oxygens (including phenoxy) is 1. The molecular formula is C43H56O6. The molecule has 2 aromatic rings. The fourth-order valence-corrected chi connectivity index (χ4v) is 11.9. The minimum absolute atomic E-state index is 0.0146.